The van der Waals surface area contributed by atoms with Crippen LogP contribution in [0.1, 0.15) is 27.2 Å². The van der Waals surface area contributed by atoms with E-state index in [0.29, 0.717) is 4.88 Å². The first-order valence-electron chi connectivity index (χ1n) is 6.50. The fraction of sp³-hybridized carbons (Fsp3) is 0.308. The van der Waals surface area contributed by atoms with E-state index in [4.69, 9.17) is 0 Å². The van der Waals surface area contributed by atoms with Gasteiger partial charge in [0.05, 0.1) is 11.1 Å². The molecule has 0 atom stereocenters. The van der Waals surface area contributed by atoms with Crippen LogP contribution in [0, 0.1) is 0 Å². The van der Waals surface area contributed by atoms with Crippen molar-refractivity contribution in [3.05, 3.63) is 38.3 Å². The molecular weight excluding hydrogens is 397 g/mol. The van der Waals surface area contributed by atoms with Crippen molar-refractivity contribution < 1.29 is 18.0 Å². The van der Waals surface area contributed by atoms with Gasteiger partial charge in [-0.05, 0) is 34.5 Å². The highest BCUT2D eigenvalue weighted by Crippen LogP contribution is 2.27. The van der Waals surface area contributed by atoms with Crippen molar-refractivity contribution in [2.75, 3.05) is 0 Å². The van der Waals surface area contributed by atoms with Gasteiger partial charge in [-0.3, -0.25) is 9.48 Å². The molecule has 0 bridgehead atoms. The van der Waals surface area contributed by atoms with Crippen molar-refractivity contribution in [3.63, 3.8) is 0 Å². The second kappa shape index (κ2) is 7.26. The molecule has 0 aliphatic carbocycles. The molecule has 0 fully saturated rings. The number of halogens is 4. The van der Waals surface area contributed by atoms with Crippen molar-refractivity contribution in [1.82, 2.24) is 15.2 Å². The molecule has 0 spiro atoms. The highest BCUT2D eigenvalue weighted by molar-refractivity contribution is 9.10. The number of hydrogen-bond donors (Lipinski definition) is 1. The Morgan fingerprint density at radius 2 is 2.30 bits per heavy atom. The first-order valence-corrected chi connectivity index (χ1v) is 8.11. The number of thiophene rings is 1. The Morgan fingerprint density at radius 3 is 2.91 bits per heavy atom. The molecule has 5 nitrogen and oxygen atoms in total. The summed E-state index contributed by atoms with van der Waals surface area (Å²) in [6.45, 7) is 0.809. The summed E-state index contributed by atoms with van der Waals surface area (Å²) < 4.78 is 38.2. The van der Waals surface area contributed by atoms with Gasteiger partial charge in [0.2, 0.25) is 0 Å². The van der Waals surface area contributed by atoms with E-state index in [0.717, 1.165) is 20.5 Å². The molecule has 0 saturated heterocycles. The molecule has 2 aromatic rings. The molecule has 2 heterocycles. The maximum Gasteiger partial charge on any atom is 0.408 e. The number of carbonyl (C=O) groups excluding carboxylic acids is 1. The fourth-order valence-electron chi connectivity index (χ4n) is 1.69. The van der Waals surface area contributed by atoms with Gasteiger partial charge in [-0.1, -0.05) is 6.92 Å². The predicted molar refractivity (Wildman–Crippen MR) is 84.7 cm³/mol. The van der Waals surface area contributed by atoms with Gasteiger partial charge in [-0.2, -0.15) is 23.4 Å². The fourth-order valence-corrected chi connectivity index (χ4v) is 3.47. The van der Waals surface area contributed by atoms with Crippen LogP contribution < -0.4 is 5.43 Å². The molecule has 0 unspecified atom stereocenters. The van der Waals surface area contributed by atoms with Gasteiger partial charge in [-0.15, -0.1) is 11.3 Å². The van der Waals surface area contributed by atoms with Crippen LogP contribution in [-0.4, -0.2) is 28.1 Å². The van der Waals surface area contributed by atoms with Crippen LogP contribution >= 0.6 is 27.3 Å². The van der Waals surface area contributed by atoms with Crippen molar-refractivity contribution >= 4 is 39.4 Å². The molecule has 1 N–H and O–H groups in total. The van der Waals surface area contributed by atoms with Gasteiger partial charge in [0, 0.05) is 15.5 Å². The summed E-state index contributed by atoms with van der Waals surface area (Å²) in [7, 11) is 0. The number of hydrazone groups is 1. The standard InChI is InChI=1S/C13H12BrF3N4OS/c1-2-10-9(14)5-11(23-10)12(22)19-18-6-8-3-4-21(20-8)7-13(15,16)17/h3-6H,2,7H2,1H3,(H,19,22)/b18-6-. The molecule has 1 amide bonds. The summed E-state index contributed by atoms with van der Waals surface area (Å²) in [5, 5.41) is 7.39. The molecule has 0 aliphatic rings. The van der Waals surface area contributed by atoms with Crippen LogP contribution in [0.3, 0.4) is 0 Å². The Balaban J connectivity index is 1.94. The Hall–Kier alpha value is -1.68. The summed E-state index contributed by atoms with van der Waals surface area (Å²) in [6.07, 6.45) is -1.15. The Morgan fingerprint density at radius 1 is 1.57 bits per heavy atom. The average Bonchev–Trinajstić information content (AvgIpc) is 3.03. The molecule has 2 rings (SSSR count). The number of rotatable bonds is 5. The summed E-state index contributed by atoms with van der Waals surface area (Å²) in [5.41, 5.74) is 2.54. The molecule has 2 aromatic heterocycles. The number of nitrogens with zero attached hydrogens (tertiary/aromatic N) is 3. The van der Waals surface area contributed by atoms with Gasteiger partial charge in [0.15, 0.2) is 0 Å². The number of carbonyl (C=O) groups is 1. The van der Waals surface area contributed by atoms with E-state index in [9.17, 15) is 18.0 Å². The molecule has 23 heavy (non-hydrogen) atoms. The lowest BCUT2D eigenvalue weighted by molar-refractivity contribution is -0.142. The molecular formula is C13H12BrF3N4OS. The Kier molecular flexibility index (Phi) is 5.58. The van der Waals surface area contributed by atoms with Crippen LogP contribution in [0.5, 0.6) is 0 Å². The summed E-state index contributed by atoms with van der Waals surface area (Å²) in [5.74, 6) is -0.388. The second-order valence-corrected chi connectivity index (χ2v) is 6.48. The smallest absolute Gasteiger partial charge is 0.266 e. The van der Waals surface area contributed by atoms with Gasteiger partial charge < -0.3 is 0 Å². The Bertz CT molecular complexity index is 723. The topological polar surface area (TPSA) is 59.3 Å². The minimum atomic E-state index is -4.34. The number of amides is 1. The number of alkyl halides is 3. The molecule has 124 valence electrons. The summed E-state index contributed by atoms with van der Waals surface area (Å²) in [6, 6.07) is 3.07. The van der Waals surface area contributed by atoms with E-state index in [-0.39, 0.29) is 11.6 Å². The van der Waals surface area contributed by atoms with Gasteiger partial charge in [-0.25, -0.2) is 5.43 Å². The van der Waals surface area contributed by atoms with E-state index in [1.54, 1.807) is 6.07 Å². The molecule has 0 radical (unpaired) electrons. The lowest BCUT2D eigenvalue weighted by Crippen LogP contribution is -2.18. The third-order valence-corrected chi connectivity index (χ3v) is 4.92. The molecule has 10 heteroatoms. The average molecular weight is 409 g/mol. The minimum Gasteiger partial charge on any atom is -0.266 e. The van der Waals surface area contributed by atoms with Gasteiger partial charge in [0.25, 0.3) is 5.91 Å². The van der Waals surface area contributed by atoms with E-state index in [2.05, 4.69) is 31.6 Å². The van der Waals surface area contributed by atoms with E-state index >= 15 is 0 Å². The van der Waals surface area contributed by atoms with Crippen molar-refractivity contribution in [2.24, 2.45) is 5.10 Å². The normalized spacial score (nSPS) is 12.0. The van der Waals surface area contributed by atoms with Gasteiger partial charge in [0.1, 0.15) is 12.2 Å². The maximum absolute atomic E-state index is 12.2. The highest BCUT2D eigenvalue weighted by atomic mass is 79.9. The number of nitrogens with one attached hydrogen (secondary N) is 1. The highest BCUT2D eigenvalue weighted by Gasteiger charge is 2.28. The van der Waals surface area contributed by atoms with Crippen LogP contribution in [0.15, 0.2) is 27.9 Å². The van der Waals surface area contributed by atoms with Crippen LogP contribution in [-0.2, 0) is 13.0 Å². The number of aromatic nitrogens is 2. The minimum absolute atomic E-state index is 0.219. The maximum atomic E-state index is 12.2. The third-order valence-electron chi connectivity index (χ3n) is 2.67. The van der Waals surface area contributed by atoms with Crippen LogP contribution in [0.2, 0.25) is 0 Å². The summed E-state index contributed by atoms with van der Waals surface area (Å²) >= 11 is 4.71. The van der Waals surface area contributed by atoms with E-state index in [1.807, 2.05) is 6.92 Å². The van der Waals surface area contributed by atoms with Crippen molar-refractivity contribution in [2.45, 2.75) is 26.1 Å². The first kappa shape index (κ1) is 17.7. The quantitative estimate of drug-likeness (QED) is 0.606. The summed E-state index contributed by atoms with van der Waals surface area (Å²) in [4.78, 5) is 13.4. The number of hydrogen-bond acceptors (Lipinski definition) is 4. The first-order chi connectivity index (χ1) is 10.8. The Labute approximate surface area is 142 Å². The lowest BCUT2D eigenvalue weighted by Gasteiger charge is -2.04. The van der Waals surface area contributed by atoms with E-state index in [1.165, 1.54) is 29.8 Å². The second-order valence-electron chi connectivity index (χ2n) is 4.49. The van der Waals surface area contributed by atoms with E-state index < -0.39 is 12.7 Å². The molecule has 0 aliphatic heterocycles. The lowest BCUT2D eigenvalue weighted by atomic mass is 10.3. The molecule has 0 aromatic carbocycles. The van der Waals surface area contributed by atoms with Crippen LogP contribution in [0.25, 0.3) is 0 Å². The monoisotopic (exact) mass is 408 g/mol. The van der Waals surface area contributed by atoms with Crippen molar-refractivity contribution in [3.8, 4) is 0 Å². The van der Waals surface area contributed by atoms with Crippen molar-refractivity contribution in [1.29, 1.82) is 0 Å². The zero-order chi connectivity index (χ0) is 17.0. The third kappa shape index (κ3) is 5.17. The van der Waals surface area contributed by atoms with Gasteiger partial charge >= 0.3 is 6.18 Å². The largest absolute Gasteiger partial charge is 0.408 e. The number of aryl methyl sites for hydroxylation is 1. The van der Waals surface area contributed by atoms with Crippen LogP contribution in [0.4, 0.5) is 13.2 Å². The SMILES string of the molecule is CCc1sc(C(=O)N/N=C\c2ccn(CC(F)(F)F)n2)cc1Br. The zero-order valence-corrected chi connectivity index (χ0v) is 14.3. The zero-order valence-electron chi connectivity index (χ0n) is 11.9. The molecule has 0 saturated carbocycles. The predicted octanol–water partition coefficient (Wildman–Crippen LogP) is 3.60.